The van der Waals surface area contributed by atoms with Gasteiger partial charge in [-0.3, -0.25) is 4.79 Å². The number of aryl methyl sites for hydroxylation is 3. The molecule has 0 unspecified atom stereocenters. The quantitative estimate of drug-likeness (QED) is 0.698. The van der Waals surface area contributed by atoms with Crippen LogP contribution < -0.4 is 10.2 Å². The number of fused-ring (bicyclic) bond motifs is 2. The van der Waals surface area contributed by atoms with Crippen LogP contribution in [-0.4, -0.2) is 16.8 Å². The van der Waals surface area contributed by atoms with E-state index in [9.17, 15) is 9.90 Å². The molecule has 0 saturated heterocycles. The largest absolute Gasteiger partial charge is 0.507 e. The molecule has 4 nitrogen and oxygen atoms in total. The average molecular weight is 283 g/mol. The van der Waals surface area contributed by atoms with E-state index >= 15 is 0 Å². The molecule has 1 heterocycles. The second kappa shape index (κ2) is 4.52. The Kier molecular flexibility index (Phi) is 2.90. The highest BCUT2D eigenvalue weighted by atomic mass is 16.5. The number of hydrogen-bond donors (Lipinski definition) is 1. The molecular weight excluding hydrogens is 266 g/mol. The summed E-state index contributed by atoms with van der Waals surface area (Å²) in [5.41, 5.74) is 3.33. The molecular formula is C17H17NO3. The normalized spacial score (nSPS) is 11.2. The Balaban J connectivity index is 2.68. The number of phenols is 1. The van der Waals surface area contributed by atoms with Gasteiger partial charge < -0.3 is 14.4 Å². The minimum absolute atomic E-state index is 0.0458. The number of nitrogens with zero attached hydrogens (tertiary/aromatic N) is 1. The Bertz CT molecular complexity index is 939. The van der Waals surface area contributed by atoms with E-state index < -0.39 is 0 Å². The molecule has 3 aromatic rings. The highest BCUT2D eigenvalue weighted by Crippen LogP contribution is 2.34. The monoisotopic (exact) mass is 283 g/mol. The number of benzene rings is 2. The van der Waals surface area contributed by atoms with Gasteiger partial charge in [0, 0.05) is 24.1 Å². The van der Waals surface area contributed by atoms with Crippen LogP contribution in [0.3, 0.4) is 0 Å². The topological polar surface area (TPSA) is 51.5 Å². The van der Waals surface area contributed by atoms with Crippen LogP contribution >= 0.6 is 0 Å². The van der Waals surface area contributed by atoms with Crippen molar-refractivity contribution in [1.29, 1.82) is 0 Å². The maximum atomic E-state index is 12.7. The summed E-state index contributed by atoms with van der Waals surface area (Å²) in [6.07, 6.45) is 0. The molecule has 0 saturated carbocycles. The summed E-state index contributed by atoms with van der Waals surface area (Å²) >= 11 is 0. The Morgan fingerprint density at radius 1 is 1.19 bits per heavy atom. The fourth-order valence-electron chi connectivity index (χ4n) is 2.95. The average Bonchev–Trinajstić information content (AvgIpc) is 2.46. The van der Waals surface area contributed by atoms with Gasteiger partial charge in [-0.15, -0.1) is 0 Å². The summed E-state index contributed by atoms with van der Waals surface area (Å²) in [4.78, 5) is 12.7. The summed E-state index contributed by atoms with van der Waals surface area (Å²) in [5.74, 6) is 0.525. The first-order chi connectivity index (χ1) is 9.95. The van der Waals surface area contributed by atoms with Gasteiger partial charge in [-0.05, 0) is 31.5 Å². The molecule has 4 heteroatoms. The summed E-state index contributed by atoms with van der Waals surface area (Å²) in [6, 6.07) is 7.19. The Hall–Kier alpha value is -2.49. The number of aromatic nitrogens is 1. The van der Waals surface area contributed by atoms with E-state index in [2.05, 4.69) is 0 Å². The van der Waals surface area contributed by atoms with Crippen LogP contribution in [0.5, 0.6) is 11.5 Å². The van der Waals surface area contributed by atoms with E-state index in [0.717, 1.165) is 16.6 Å². The fourth-order valence-corrected chi connectivity index (χ4v) is 2.95. The lowest BCUT2D eigenvalue weighted by atomic mass is 10.0. The second-order valence-corrected chi connectivity index (χ2v) is 5.36. The number of ether oxygens (including phenoxy) is 1. The van der Waals surface area contributed by atoms with Gasteiger partial charge in [0.2, 0.25) is 5.43 Å². The Morgan fingerprint density at radius 3 is 2.57 bits per heavy atom. The van der Waals surface area contributed by atoms with Gasteiger partial charge in [0.05, 0.1) is 23.5 Å². The molecule has 0 fully saturated rings. The van der Waals surface area contributed by atoms with E-state index in [1.54, 1.807) is 7.11 Å². The molecule has 0 aliphatic heterocycles. The molecule has 0 amide bonds. The van der Waals surface area contributed by atoms with Crippen LogP contribution in [0.1, 0.15) is 11.1 Å². The van der Waals surface area contributed by atoms with Gasteiger partial charge >= 0.3 is 0 Å². The van der Waals surface area contributed by atoms with Crippen LogP contribution in [-0.2, 0) is 7.05 Å². The molecule has 0 bridgehead atoms. The van der Waals surface area contributed by atoms with Gasteiger partial charge in [0.15, 0.2) is 0 Å². The molecule has 108 valence electrons. The predicted molar refractivity (Wildman–Crippen MR) is 84.4 cm³/mol. The minimum atomic E-state index is -0.152. The van der Waals surface area contributed by atoms with Crippen LogP contribution in [0.15, 0.2) is 29.1 Å². The Labute approximate surface area is 122 Å². The maximum Gasteiger partial charge on any atom is 0.200 e. The van der Waals surface area contributed by atoms with Crippen molar-refractivity contribution < 1.29 is 9.84 Å². The highest BCUT2D eigenvalue weighted by molar-refractivity contribution is 5.99. The molecule has 2 aromatic carbocycles. The molecule has 1 aromatic heterocycles. The highest BCUT2D eigenvalue weighted by Gasteiger charge is 2.17. The number of phenolic OH excluding ortho intramolecular Hbond substituents is 1. The lowest BCUT2D eigenvalue weighted by molar-refractivity contribution is 0.406. The first-order valence-corrected chi connectivity index (χ1v) is 6.75. The lowest BCUT2D eigenvalue weighted by Crippen LogP contribution is -2.11. The van der Waals surface area contributed by atoms with Crippen molar-refractivity contribution in [3.63, 3.8) is 0 Å². The number of aromatic hydroxyl groups is 1. The Morgan fingerprint density at radius 2 is 1.90 bits per heavy atom. The third-order valence-corrected chi connectivity index (χ3v) is 4.03. The third-order valence-electron chi connectivity index (χ3n) is 4.03. The first-order valence-electron chi connectivity index (χ1n) is 6.75. The number of hydrogen-bond acceptors (Lipinski definition) is 3. The number of methoxy groups -OCH3 is 1. The molecule has 0 radical (unpaired) electrons. The second-order valence-electron chi connectivity index (χ2n) is 5.36. The lowest BCUT2D eigenvalue weighted by Gasteiger charge is -2.16. The predicted octanol–water partition coefficient (Wildman–Crippen LogP) is 3.02. The SMILES string of the molecule is COc1cc(O)c2c(=O)c3ccc(C)cc3n(C)c2c1C. The number of rotatable bonds is 1. The molecule has 3 rings (SSSR count). The summed E-state index contributed by atoms with van der Waals surface area (Å²) in [7, 11) is 3.45. The van der Waals surface area contributed by atoms with E-state index in [1.165, 1.54) is 6.07 Å². The van der Waals surface area contributed by atoms with Crippen molar-refractivity contribution in [2.75, 3.05) is 7.11 Å². The van der Waals surface area contributed by atoms with Gasteiger partial charge in [0.25, 0.3) is 0 Å². The van der Waals surface area contributed by atoms with Crippen molar-refractivity contribution in [3.8, 4) is 11.5 Å². The molecule has 0 aliphatic rings. The van der Waals surface area contributed by atoms with Gasteiger partial charge in [0.1, 0.15) is 11.5 Å². The van der Waals surface area contributed by atoms with E-state index in [-0.39, 0.29) is 11.2 Å². The smallest absolute Gasteiger partial charge is 0.200 e. The molecule has 0 aliphatic carbocycles. The molecule has 0 atom stereocenters. The summed E-state index contributed by atoms with van der Waals surface area (Å²) in [6.45, 7) is 3.88. The minimum Gasteiger partial charge on any atom is -0.507 e. The zero-order chi connectivity index (χ0) is 15.3. The summed E-state index contributed by atoms with van der Waals surface area (Å²) in [5, 5.41) is 11.2. The third kappa shape index (κ3) is 1.79. The van der Waals surface area contributed by atoms with Crippen LogP contribution in [0.25, 0.3) is 21.8 Å². The zero-order valence-corrected chi connectivity index (χ0v) is 12.5. The van der Waals surface area contributed by atoms with Crippen LogP contribution in [0.4, 0.5) is 0 Å². The van der Waals surface area contributed by atoms with Crippen molar-refractivity contribution in [1.82, 2.24) is 4.57 Å². The molecule has 1 N–H and O–H groups in total. The van der Waals surface area contributed by atoms with Gasteiger partial charge in [-0.2, -0.15) is 0 Å². The van der Waals surface area contributed by atoms with Crippen LogP contribution in [0, 0.1) is 13.8 Å². The van der Waals surface area contributed by atoms with Gasteiger partial charge in [-0.1, -0.05) is 6.07 Å². The van der Waals surface area contributed by atoms with Crippen molar-refractivity contribution in [3.05, 3.63) is 45.6 Å². The zero-order valence-electron chi connectivity index (χ0n) is 12.5. The van der Waals surface area contributed by atoms with Crippen molar-refractivity contribution >= 4 is 21.8 Å². The number of pyridine rings is 1. The van der Waals surface area contributed by atoms with Gasteiger partial charge in [-0.25, -0.2) is 0 Å². The van der Waals surface area contributed by atoms with Crippen molar-refractivity contribution in [2.45, 2.75) is 13.8 Å². The maximum absolute atomic E-state index is 12.7. The van der Waals surface area contributed by atoms with E-state index in [4.69, 9.17) is 4.74 Å². The first kappa shape index (κ1) is 13.5. The van der Waals surface area contributed by atoms with E-state index in [0.29, 0.717) is 22.0 Å². The molecule has 21 heavy (non-hydrogen) atoms. The van der Waals surface area contributed by atoms with Crippen molar-refractivity contribution in [2.24, 2.45) is 7.05 Å². The summed E-state index contributed by atoms with van der Waals surface area (Å²) < 4.78 is 7.23. The van der Waals surface area contributed by atoms with Crippen LogP contribution in [0.2, 0.25) is 0 Å². The standard InChI is InChI=1S/C17H17NO3/c1-9-5-6-11-12(7-9)18(3)16-10(2)14(21-4)8-13(19)15(16)17(11)20/h5-8,19H,1-4H3. The van der Waals surface area contributed by atoms with E-state index in [1.807, 2.05) is 43.7 Å². The molecule has 0 spiro atoms. The fraction of sp³-hybridized carbons (Fsp3) is 0.235.